The number of non-ortho nitro benzene ring substituents is 1. The minimum Gasteiger partial charge on any atom is -0.455 e. The molecule has 1 saturated carbocycles. The van der Waals surface area contributed by atoms with E-state index in [0.717, 1.165) is 5.56 Å². The molecule has 0 aromatic heterocycles. The van der Waals surface area contributed by atoms with Gasteiger partial charge in [0.25, 0.3) is 11.6 Å². The van der Waals surface area contributed by atoms with E-state index in [-0.39, 0.29) is 11.4 Å². The van der Waals surface area contributed by atoms with E-state index < -0.39 is 28.8 Å². The maximum absolute atomic E-state index is 12.3. The second-order valence-corrected chi connectivity index (χ2v) is 5.88. The SMILES string of the molecule is O=C(COC(=O)C1(c2ccccc2)CC1)Nc1cccc([N+](=O)[O-])c1. The highest BCUT2D eigenvalue weighted by atomic mass is 16.6. The molecule has 1 aliphatic rings. The van der Waals surface area contributed by atoms with Gasteiger partial charge in [0.2, 0.25) is 0 Å². The van der Waals surface area contributed by atoms with Gasteiger partial charge in [-0.1, -0.05) is 36.4 Å². The van der Waals surface area contributed by atoms with Gasteiger partial charge in [0.1, 0.15) is 0 Å². The summed E-state index contributed by atoms with van der Waals surface area (Å²) in [6.45, 7) is -0.434. The Morgan fingerprint density at radius 1 is 1.12 bits per heavy atom. The molecule has 2 aromatic carbocycles. The summed E-state index contributed by atoms with van der Waals surface area (Å²) in [6.07, 6.45) is 1.39. The lowest BCUT2D eigenvalue weighted by Gasteiger charge is -2.14. The number of ether oxygens (including phenoxy) is 1. The van der Waals surface area contributed by atoms with Crippen molar-refractivity contribution in [3.63, 3.8) is 0 Å². The van der Waals surface area contributed by atoms with Crippen molar-refractivity contribution < 1.29 is 19.2 Å². The van der Waals surface area contributed by atoms with Gasteiger partial charge in [-0.15, -0.1) is 0 Å². The van der Waals surface area contributed by atoms with Gasteiger partial charge in [0, 0.05) is 17.8 Å². The zero-order chi connectivity index (χ0) is 17.9. The van der Waals surface area contributed by atoms with Crippen molar-refractivity contribution >= 4 is 23.3 Å². The average Bonchev–Trinajstić information content (AvgIpc) is 3.42. The van der Waals surface area contributed by atoms with Gasteiger partial charge >= 0.3 is 5.97 Å². The van der Waals surface area contributed by atoms with Crippen LogP contribution in [0.4, 0.5) is 11.4 Å². The first-order chi connectivity index (χ1) is 12.0. The highest BCUT2D eigenvalue weighted by molar-refractivity contribution is 5.94. The number of nitro benzene ring substituents is 1. The smallest absolute Gasteiger partial charge is 0.317 e. The molecule has 128 valence electrons. The van der Waals surface area contributed by atoms with Crippen LogP contribution in [0.2, 0.25) is 0 Å². The van der Waals surface area contributed by atoms with Crippen molar-refractivity contribution in [3.05, 3.63) is 70.3 Å². The molecule has 2 aromatic rings. The summed E-state index contributed by atoms with van der Waals surface area (Å²) in [5.74, 6) is -0.967. The van der Waals surface area contributed by atoms with Gasteiger partial charge < -0.3 is 10.1 Å². The number of hydrogen-bond donors (Lipinski definition) is 1. The van der Waals surface area contributed by atoms with Crippen LogP contribution in [-0.2, 0) is 19.7 Å². The number of nitrogens with one attached hydrogen (secondary N) is 1. The van der Waals surface area contributed by atoms with Crippen LogP contribution in [0.25, 0.3) is 0 Å². The lowest BCUT2D eigenvalue weighted by Crippen LogP contribution is -2.28. The van der Waals surface area contributed by atoms with Gasteiger partial charge in [0.15, 0.2) is 6.61 Å². The third kappa shape index (κ3) is 3.65. The second kappa shape index (κ2) is 6.72. The number of benzene rings is 2. The molecule has 7 nitrogen and oxygen atoms in total. The van der Waals surface area contributed by atoms with Crippen LogP contribution in [-0.4, -0.2) is 23.4 Å². The molecule has 1 aliphatic carbocycles. The van der Waals surface area contributed by atoms with Gasteiger partial charge in [-0.25, -0.2) is 0 Å². The van der Waals surface area contributed by atoms with E-state index in [2.05, 4.69) is 5.32 Å². The van der Waals surface area contributed by atoms with Gasteiger partial charge in [-0.05, 0) is 24.5 Å². The van der Waals surface area contributed by atoms with Crippen LogP contribution in [0, 0.1) is 10.1 Å². The molecule has 0 heterocycles. The van der Waals surface area contributed by atoms with Crippen LogP contribution in [0.1, 0.15) is 18.4 Å². The number of carbonyl (C=O) groups is 2. The van der Waals surface area contributed by atoms with Crippen LogP contribution >= 0.6 is 0 Å². The molecular formula is C18H16N2O5. The Morgan fingerprint density at radius 3 is 2.48 bits per heavy atom. The summed E-state index contributed by atoms with van der Waals surface area (Å²) in [5.41, 5.74) is 0.391. The Labute approximate surface area is 143 Å². The topological polar surface area (TPSA) is 98.5 Å². The van der Waals surface area contributed by atoms with Crippen LogP contribution in [0.5, 0.6) is 0 Å². The molecule has 0 spiro atoms. The molecular weight excluding hydrogens is 324 g/mol. The average molecular weight is 340 g/mol. The molecule has 1 amide bonds. The summed E-state index contributed by atoms with van der Waals surface area (Å²) in [4.78, 5) is 34.4. The monoisotopic (exact) mass is 340 g/mol. The summed E-state index contributed by atoms with van der Waals surface area (Å²) >= 11 is 0. The Bertz CT molecular complexity index is 815. The summed E-state index contributed by atoms with van der Waals surface area (Å²) in [5, 5.41) is 13.2. The number of carbonyl (C=O) groups excluding carboxylic acids is 2. The van der Waals surface area contributed by atoms with Crippen molar-refractivity contribution in [1.82, 2.24) is 0 Å². The van der Waals surface area contributed by atoms with Crippen molar-refractivity contribution in [1.29, 1.82) is 0 Å². The van der Waals surface area contributed by atoms with Crippen molar-refractivity contribution in [2.75, 3.05) is 11.9 Å². The number of anilines is 1. The molecule has 1 N–H and O–H groups in total. The minimum absolute atomic E-state index is 0.129. The number of esters is 1. The molecule has 0 atom stereocenters. The van der Waals surface area contributed by atoms with E-state index in [4.69, 9.17) is 4.74 Å². The summed E-state index contributed by atoms with van der Waals surface area (Å²) in [6, 6.07) is 14.9. The molecule has 0 bridgehead atoms. The van der Waals surface area contributed by atoms with Gasteiger partial charge in [0.05, 0.1) is 10.3 Å². The van der Waals surface area contributed by atoms with E-state index in [1.165, 1.54) is 24.3 Å². The van der Waals surface area contributed by atoms with Crippen LogP contribution < -0.4 is 5.32 Å². The maximum atomic E-state index is 12.3. The molecule has 1 fully saturated rings. The number of rotatable bonds is 6. The third-order valence-electron chi connectivity index (χ3n) is 4.14. The van der Waals surface area contributed by atoms with Gasteiger partial charge in [-0.3, -0.25) is 19.7 Å². The molecule has 0 radical (unpaired) electrons. The Kier molecular flexibility index (Phi) is 4.47. The fraction of sp³-hybridized carbons (Fsp3) is 0.222. The van der Waals surface area contributed by atoms with E-state index in [0.29, 0.717) is 12.8 Å². The number of nitrogens with zero attached hydrogens (tertiary/aromatic N) is 1. The normalized spacial score (nSPS) is 14.4. The number of amides is 1. The molecule has 0 unspecified atom stereocenters. The molecule has 3 rings (SSSR count). The third-order valence-corrected chi connectivity index (χ3v) is 4.14. The number of hydrogen-bond acceptors (Lipinski definition) is 5. The molecule has 0 aliphatic heterocycles. The zero-order valence-corrected chi connectivity index (χ0v) is 13.3. The Hall–Kier alpha value is -3.22. The Morgan fingerprint density at radius 2 is 1.84 bits per heavy atom. The van der Waals surface area contributed by atoms with E-state index >= 15 is 0 Å². The van der Waals surface area contributed by atoms with Crippen molar-refractivity contribution in [2.45, 2.75) is 18.3 Å². The second-order valence-electron chi connectivity index (χ2n) is 5.88. The summed E-state index contributed by atoms with van der Waals surface area (Å²) in [7, 11) is 0. The largest absolute Gasteiger partial charge is 0.455 e. The fourth-order valence-electron chi connectivity index (χ4n) is 2.66. The van der Waals surface area contributed by atoms with Crippen LogP contribution in [0.15, 0.2) is 54.6 Å². The highest BCUT2D eigenvalue weighted by Crippen LogP contribution is 2.49. The summed E-state index contributed by atoms with van der Waals surface area (Å²) < 4.78 is 5.15. The fourth-order valence-corrected chi connectivity index (χ4v) is 2.66. The van der Waals surface area contributed by atoms with Gasteiger partial charge in [-0.2, -0.15) is 0 Å². The lowest BCUT2D eigenvalue weighted by atomic mass is 9.96. The van der Waals surface area contributed by atoms with E-state index in [9.17, 15) is 19.7 Å². The lowest BCUT2D eigenvalue weighted by molar-refractivity contribution is -0.384. The first-order valence-electron chi connectivity index (χ1n) is 7.78. The standard InChI is InChI=1S/C18H16N2O5/c21-16(19-14-7-4-8-15(11-14)20(23)24)12-25-17(22)18(9-10-18)13-5-2-1-3-6-13/h1-8,11H,9-10,12H2,(H,19,21). The molecule has 25 heavy (non-hydrogen) atoms. The Balaban J connectivity index is 1.57. The van der Waals surface area contributed by atoms with Crippen molar-refractivity contribution in [3.8, 4) is 0 Å². The maximum Gasteiger partial charge on any atom is 0.317 e. The first-order valence-corrected chi connectivity index (χ1v) is 7.78. The zero-order valence-electron chi connectivity index (χ0n) is 13.3. The first kappa shape index (κ1) is 16.6. The van der Waals surface area contributed by atoms with Crippen molar-refractivity contribution in [2.24, 2.45) is 0 Å². The van der Waals surface area contributed by atoms with Crippen LogP contribution in [0.3, 0.4) is 0 Å². The number of nitro groups is 1. The quantitative estimate of drug-likeness (QED) is 0.495. The predicted molar refractivity (Wildman–Crippen MR) is 90.0 cm³/mol. The minimum atomic E-state index is -0.646. The molecule has 0 saturated heterocycles. The predicted octanol–water partition coefficient (Wildman–Crippen LogP) is 2.81. The highest BCUT2D eigenvalue weighted by Gasteiger charge is 2.52. The van der Waals surface area contributed by atoms with E-state index in [1.54, 1.807) is 0 Å². The van der Waals surface area contributed by atoms with E-state index in [1.807, 2.05) is 30.3 Å². The molecule has 7 heteroatoms.